The molecule has 0 aromatic rings. The minimum atomic E-state index is -0.530. The Morgan fingerprint density at radius 2 is 2.10 bits per heavy atom. The number of nitrogens with one attached hydrogen (secondary N) is 2. The van der Waals surface area contributed by atoms with Gasteiger partial charge in [-0.05, 0) is 0 Å². The molecule has 0 radical (unpaired) electrons. The maximum atomic E-state index is 10.5. The van der Waals surface area contributed by atoms with E-state index in [4.69, 9.17) is 5.73 Å². The lowest BCUT2D eigenvalue weighted by Crippen LogP contribution is -2.36. The van der Waals surface area contributed by atoms with Crippen LogP contribution in [-0.4, -0.2) is 24.5 Å². The van der Waals surface area contributed by atoms with Crippen molar-refractivity contribution in [3.8, 4) is 0 Å². The van der Waals surface area contributed by atoms with E-state index >= 15 is 0 Å². The molecule has 1 rings (SSSR count). The SMILES string of the molecule is Cl.NC[C@H]1NC(=O)NC1=O. The van der Waals surface area contributed by atoms with Crippen LogP contribution < -0.4 is 16.4 Å². The zero-order valence-corrected chi connectivity index (χ0v) is 5.90. The first-order valence-electron chi connectivity index (χ1n) is 2.55. The molecule has 1 heterocycles. The molecule has 0 aliphatic carbocycles. The van der Waals surface area contributed by atoms with Crippen molar-refractivity contribution < 1.29 is 9.59 Å². The standard InChI is InChI=1S/C4H7N3O2.ClH/c5-1-2-3(8)7-4(9)6-2;/h2H,1,5H2,(H2,6,7,8,9);1H/t2-;/m1./s1. The molecule has 3 amide bonds. The van der Waals surface area contributed by atoms with E-state index < -0.39 is 12.1 Å². The van der Waals surface area contributed by atoms with Gasteiger partial charge in [0.05, 0.1) is 0 Å². The quantitative estimate of drug-likeness (QED) is 0.417. The van der Waals surface area contributed by atoms with E-state index in [1.165, 1.54) is 0 Å². The first-order valence-corrected chi connectivity index (χ1v) is 2.55. The summed E-state index contributed by atoms with van der Waals surface area (Å²) in [4.78, 5) is 20.9. The van der Waals surface area contributed by atoms with E-state index in [1.807, 2.05) is 5.32 Å². The maximum Gasteiger partial charge on any atom is 0.322 e. The summed E-state index contributed by atoms with van der Waals surface area (Å²) in [7, 11) is 0. The molecule has 4 N–H and O–H groups in total. The smallest absolute Gasteiger partial charge is 0.322 e. The van der Waals surface area contributed by atoms with Crippen molar-refractivity contribution in [1.29, 1.82) is 0 Å². The van der Waals surface area contributed by atoms with Crippen molar-refractivity contribution in [2.45, 2.75) is 6.04 Å². The van der Waals surface area contributed by atoms with Crippen LogP contribution in [0.1, 0.15) is 0 Å². The highest BCUT2D eigenvalue weighted by Gasteiger charge is 2.27. The number of rotatable bonds is 1. The molecule has 0 aromatic heterocycles. The number of halogens is 1. The van der Waals surface area contributed by atoms with Crippen LogP contribution in [0, 0.1) is 0 Å². The summed E-state index contributed by atoms with van der Waals surface area (Å²) in [6.07, 6.45) is 0. The van der Waals surface area contributed by atoms with Crippen LogP contribution in [0.15, 0.2) is 0 Å². The maximum absolute atomic E-state index is 10.5. The number of hydrogen-bond acceptors (Lipinski definition) is 3. The zero-order valence-electron chi connectivity index (χ0n) is 5.09. The van der Waals surface area contributed by atoms with E-state index in [0.717, 1.165) is 0 Å². The highest BCUT2D eigenvalue weighted by molar-refractivity contribution is 6.04. The average Bonchev–Trinajstić information content (AvgIpc) is 2.10. The van der Waals surface area contributed by atoms with E-state index in [0.29, 0.717) is 0 Å². The lowest BCUT2D eigenvalue weighted by molar-refractivity contribution is -0.119. The third kappa shape index (κ3) is 1.58. The molecule has 1 fully saturated rings. The van der Waals surface area contributed by atoms with Crippen molar-refractivity contribution in [2.75, 3.05) is 6.54 Å². The zero-order chi connectivity index (χ0) is 6.85. The van der Waals surface area contributed by atoms with Gasteiger partial charge in [0.1, 0.15) is 6.04 Å². The molecule has 0 saturated carbocycles. The highest BCUT2D eigenvalue weighted by atomic mass is 35.5. The molecule has 58 valence electrons. The largest absolute Gasteiger partial charge is 0.328 e. The molecule has 0 unspecified atom stereocenters. The Balaban J connectivity index is 0.000000810. The number of urea groups is 1. The molecule has 1 saturated heterocycles. The Morgan fingerprint density at radius 1 is 1.50 bits per heavy atom. The van der Waals surface area contributed by atoms with Gasteiger partial charge < -0.3 is 11.1 Å². The fourth-order valence-electron chi connectivity index (χ4n) is 0.625. The molecule has 5 nitrogen and oxygen atoms in total. The van der Waals surface area contributed by atoms with Crippen LogP contribution in [-0.2, 0) is 4.79 Å². The lowest BCUT2D eigenvalue weighted by atomic mass is 10.3. The van der Waals surface area contributed by atoms with Crippen LogP contribution in [0.2, 0.25) is 0 Å². The first-order chi connectivity index (χ1) is 4.24. The van der Waals surface area contributed by atoms with Crippen LogP contribution in [0.5, 0.6) is 0 Å². The molecule has 0 aromatic carbocycles. The molecule has 1 aliphatic rings. The van der Waals surface area contributed by atoms with Gasteiger partial charge in [-0.2, -0.15) is 0 Å². The van der Waals surface area contributed by atoms with Gasteiger partial charge in [0.2, 0.25) is 0 Å². The second kappa shape index (κ2) is 3.38. The topological polar surface area (TPSA) is 84.2 Å². The third-order valence-corrected chi connectivity index (χ3v) is 1.09. The van der Waals surface area contributed by atoms with Gasteiger partial charge in [-0.1, -0.05) is 0 Å². The molecule has 1 aliphatic heterocycles. The molecule has 0 spiro atoms. The number of carbonyl (C=O) groups is 2. The number of carbonyl (C=O) groups excluding carboxylic acids is 2. The second-order valence-electron chi connectivity index (χ2n) is 1.75. The Labute approximate surface area is 63.7 Å². The minimum Gasteiger partial charge on any atom is -0.328 e. The summed E-state index contributed by atoms with van der Waals surface area (Å²) in [5, 5.41) is 4.38. The monoisotopic (exact) mass is 165 g/mol. The summed E-state index contributed by atoms with van der Waals surface area (Å²) in [5.41, 5.74) is 5.11. The summed E-state index contributed by atoms with van der Waals surface area (Å²) < 4.78 is 0. The fourth-order valence-corrected chi connectivity index (χ4v) is 0.625. The lowest BCUT2D eigenvalue weighted by Gasteiger charge is -1.98. The van der Waals surface area contributed by atoms with Crippen molar-refractivity contribution in [2.24, 2.45) is 5.73 Å². The summed E-state index contributed by atoms with van der Waals surface area (Å²) >= 11 is 0. The van der Waals surface area contributed by atoms with Crippen LogP contribution in [0.4, 0.5) is 4.79 Å². The number of amides is 3. The predicted octanol–water partition coefficient (Wildman–Crippen LogP) is -1.43. The Morgan fingerprint density at radius 3 is 2.30 bits per heavy atom. The van der Waals surface area contributed by atoms with Gasteiger partial charge in [-0.3, -0.25) is 10.1 Å². The van der Waals surface area contributed by atoms with Gasteiger partial charge in [0.15, 0.2) is 0 Å². The van der Waals surface area contributed by atoms with Crippen molar-refractivity contribution in [1.82, 2.24) is 10.6 Å². The minimum absolute atomic E-state index is 0. The van der Waals surface area contributed by atoms with Gasteiger partial charge in [-0.25, -0.2) is 4.79 Å². The Kier molecular flexibility index (Phi) is 3.11. The molecular formula is C4H8ClN3O2. The number of nitrogens with two attached hydrogens (primary N) is 1. The van der Waals surface area contributed by atoms with Crippen molar-refractivity contribution in [3.05, 3.63) is 0 Å². The number of hydrogen-bond donors (Lipinski definition) is 3. The molecule has 1 atom stereocenters. The highest BCUT2D eigenvalue weighted by Crippen LogP contribution is 1.88. The van der Waals surface area contributed by atoms with Crippen LogP contribution in [0.25, 0.3) is 0 Å². The molecular weight excluding hydrogens is 158 g/mol. The number of imide groups is 1. The fraction of sp³-hybridized carbons (Fsp3) is 0.500. The van der Waals surface area contributed by atoms with Crippen molar-refractivity contribution >= 4 is 24.3 Å². The summed E-state index contributed by atoms with van der Waals surface area (Å²) in [6.45, 7) is 0.150. The Hall–Kier alpha value is -0.810. The van der Waals surface area contributed by atoms with E-state index in [2.05, 4.69) is 5.32 Å². The predicted molar refractivity (Wildman–Crippen MR) is 36.8 cm³/mol. The van der Waals surface area contributed by atoms with Gasteiger partial charge in [0, 0.05) is 6.54 Å². The van der Waals surface area contributed by atoms with Crippen LogP contribution in [0.3, 0.4) is 0 Å². The summed E-state index contributed by atoms with van der Waals surface area (Å²) in [6, 6.07) is -0.993. The van der Waals surface area contributed by atoms with E-state index in [1.54, 1.807) is 0 Å². The van der Waals surface area contributed by atoms with Crippen LogP contribution >= 0.6 is 12.4 Å². The molecule has 6 heteroatoms. The summed E-state index contributed by atoms with van der Waals surface area (Å²) in [5.74, 6) is -0.345. The molecule has 10 heavy (non-hydrogen) atoms. The van der Waals surface area contributed by atoms with Gasteiger partial charge in [0.25, 0.3) is 5.91 Å². The Bertz CT molecular complexity index is 161. The normalized spacial score (nSPS) is 23.1. The van der Waals surface area contributed by atoms with Gasteiger partial charge in [-0.15, -0.1) is 12.4 Å². The van der Waals surface area contributed by atoms with E-state index in [-0.39, 0.29) is 24.9 Å². The van der Waals surface area contributed by atoms with Crippen molar-refractivity contribution in [3.63, 3.8) is 0 Å². The average molecular weight is 166 g/mol. The third-order valence-electron chi connectivity index (χ3n) is 1.09. The van der Waals surface area contributed by atoms with Gasteiger partial charge >= 0.3 is 6.03 Å². The molecule has 0 bridgehead atoms. The second-order valence-corrected chi connectivity index (χ2v) is 1.75. The first kappa shape index (κ1) is 9.19. The van der Waals surface area contributed by atoms with E-state index in [9.17, 15) is 9.59 Å².